The average molecular weight is 321 g/mol. The van der Waals surface area contributed by atoms with Crippen LogP contribution in [0.4, 0.5) is 5.69 Å². The summed E-state index contributed by atoms with van der Waals surface area (Å²) in [6.45, 7) is 1.84. The number of primary amides is 1. The lowest BCUT2D eigenvalue weighted by molar-refractivity contribution is -0.117. The van der Waals surface area contributed by atoms with Crippen LogP contribution in [0.1, 0.15) is 10.6 Å². The molecule has 0 spiro atoms. The first-order valence-corrected chi connectivity index (χ1v) is 8.07. The first kappa shape index (κ1) is 15.5. The minimum Gasteiger partial charge on any atom is -0.369 e. The highest BCUT2D eigenvalue weighted by Gasteiger charge is 2.12. The Bertz CT molecular complexity index is 641. The van der Waals surface area contributed by atoms with Gasteiger partial charge in [-0.05, 0) is 19.1 Å². The number of benzene rings is 1. The second-order valence-corrected chi connectivity index (χ2v) is 6.64. The maximum atomic E-state index is 11.8. The van der Waals surface area contributed by atoms with Gasteiger partial charge >= 0.3 is 0 Å². The number of thioether (sulfide) groups is 1. The molecule has 0 aliphatic carbocycles. The monoisotopic (exact) mass is 321 g/mol. The zero-order valence-electron chi connectivity index (χ0n) is 11.5. The van der Waals surface area contributed by atoms with E-state index in [0.717, 1.165) is 20.6 Å². The highest BCUT2D eigenvalue weighted by Crippen LogP contribution is 2.27. The van der Waals surface area contributed by atoms with Crippen molar-refractivity contribution in [3.8, 4) is 0 Å². The number of anilines is 1. The van der Waals surface area contributed by atoms with Crippen molar-refractivity contribution in [2.24, 2.45) is 5.73 Å². The lowest BCUT2D eigenvalue weighted by Gasteiger charge is -2.03. The molecule has 2 rings (SSSR count). The van der Waals surface area contributed by atoms with Crippen LogP contribution < -0.4 is 11.1 Å². The van der Waals surface area contributed by atoms with Crippen molar-refractivity contribution < 1.29 is 9.59 Å². The molecule has 7 heteroatoms. The predicted octanol–water partition coefficient (Wildman–Crippen LogP) is 2.21. The summed E-state index contributed by atoms with van der Waals surface area (Å²) in [4.78, 5) is 27.9. The van der Waals surface area contributed by atoms with Crippen molar-refractivity contribution in [3.63, 3.8) is 0 Å². The number of aromatic nitrogens is 1. The van der Waals surface area contributed by atoms with Crippen LogP contribution >= 0.6 is 23.1 Å². The van der Waals surface area contributed by atoms with E-state index in [-0.39, 0.29) is 24.0 Å². The minimum absolute atomic E-state index is 0.0875. The van der Waals surface area contributed by atoms with Gasteiger partial charge in [0.15, 0.2) is 4.34 Å². The Morgan fingerprint density at radius 1 is 1.33 bits per heavy atom. The summed E-state index contributed by atoms with van der Waals surface area (Å²) in [6, 6.07) is 9.29. The number of hydrogen-bond acceptors (Lipinski definition) is 5. The van der Waals surface area contributed by atoms with Crippen LogP contribution in [0.25, 0.3) is 0 Å². The van der Waals surface area contributed by atoms with E-state index in [2.05, 4.69) is 10.3 Å². The first-order valence-electron chi connectivity index (χ1n) is 6.27. The molecule has 0 atom stereocenters. The topological polar surface area (TPSA) is 85.1 Å². The molecule has 1 heterocycles. The SMILES string of the molecule is Cc1nc(SCC(=O)Nc2ccccc2)sc1CC(N)=O. The minimum atomic E-state index is -0.375. The number of para-hydroxylation sites is 1. The van der Waals surface area contributed by atoms with Gasteiger partial charge in [-0.2, -0.15) is 0 Å². The van der Waals surface area contributed by atoms with Gasteiger partial charge in [0.1, 0.15) is 0 Å². The number of amides is 2. The molecule has 0 saturated heterocycles. The van der Waals surface area contributed by atoms with E-state index in [0.29, 0.717) is 0 Å². The lowest BCUT2D eigenvalue weighted by atomic mass is 10.3. The Balaban J connectivity index is 1.88. The molecule has 0 fully saturated rings. The van der Waals surface area contributed by atoms with Gasteiger partial charge in [0.2, 0.25) is 11.8 Å². The molecule has 21 heavy (non-hydrogen) atoms. The van der Waals surface area contributed by atoms with Gasteiger partial charge in [-0.3, -0.25) is 9.59 Å². The Morgan fingerprint density at radius 3 is 2.71 bits per heavy atom. The summed E-state index contributed by atoms with van der Waals surface area (Å²) in [5.41, 5.74) is 6.75. The van der Waals surface area contributed by atoms with E-state index in [1.807, 2.05) is 37.3 Å². The smallest absolute Gasteiger partial charge is 0.234 e. The molecule has 0 unspecified atom stereocenters. The molecule has 1 aromatic heterocycles. The van der Waals surface area contributed by atoms with Gasteiger partial charge in [-0.25, -0.2) is 4.98 Å². The number of hydrogen-bond donors (Lipinski definition) is 2. The summed E-state index contributed by atoms with van der Waals surface area (Å²) < 4.78 is 0.770. The second kappa shape index (κ2) is 7.24. The summed E-state index contributed by atoms with van der Waals surface area (Å²) in [6.07, 6.45) is 0.195. The molecular formula is C14H15N3O2S2. The number of nitrogens with zero attached hydrogens (tertiary/aromatic N) is 1. The van der Waals surface area contributed by atoms with Gasteiger partial charge in [0.25, 0.3) is 0 Å². The van der Waals surface area contributed by atoms with Crippen molar-refractivity contribution in [1.29, 1.82) is 0 Å². The normalized spacial score (nSPS) is 10.3. The fraction of sp³-hybridized carbons (Fsp3) is 0.214. The van der Waals surface area contributed by atoms with Crippen molar-refractivity contribution in [2.75, 3.05) is 11.1 Å². The average Bonchev–Trinajstić information content (AvgIpc) is 2.77. The van der Waals surface area contributed by atoms with Crippen LogP contribution in [0.15, 0.2) is 34.7 Å². The van der Waals surface area contributed by atoms with Crippen molar-refractivity contribution >= 4 is 40.6 Å². The van der Waals surface area contributed by atoms with Crippen molar-refractivity contribution in [1.82, 2.24) is 4.98 Å². The quantitative estimate of drug-likeness (QED) is 0.799. The first-order chi connectivity index (χ1) is 10.0. The maximum Gasteiger partial charge on any atom is 0.234 e. The van der Waals surface area contributed by atoms with E-state index < -0.39 is 0 Å². The molecular weight excluding hydrogens is 306 g/mol. The number of thiazole rings is 1. The molecule has 110 valence electrons. The summed E-state index contributed by atoms with van der Waals surface area (Å²) >= 11 is 2.76. The summed E-state index contributed by atoms with van der Waals surface area (Å²) in [7, 11) is 0. The third-order valence-electron chi connectivity index (χ3n) is 2.59. The van der Waals surface area contributed by atoms with Gasteiger partial charge in [0.05, 0.1) is 17.9 Å². The third-order valence-corrected chi connectivity index (χ3v) is 4.89. The molecule has 0 bridgehead atoms. The number of aryl methyl sites for hydroxylation is 1. The highest BCUT2D eigenvalue weighted by molar-refractivity contribution is 8.01. The van der Waals surface area contributed by atoms with E-state index in [1.165, 1.54) is 23.1 Å². The predicted molar refractivity (Wildman–Crippen MR) is 85.5 cm³/mol. The molecule has 1 aromatic carbocycles. The van der Waals surface area contributed by atoms with Crippen molar-refractivity contribution in [2.45, 2.75) is 17.7 Å². The Labute approximate surface area is 131 Å². The van der Waals surface area contributed by atoms with Gasteiger partial charge < -0.3 is 11.1 Å². The van der Waals surface area contributed by atoms with Crippen LogP contribution in [0.3, 0.4) is 0 Å². The lowest BCUT2D eigenvalue weighted by Crippen LogP contribution is -2.13. The second-order valence-electron chi connectivity index (χ2n) is 4.33. The molecule has 0 aliphatic heterocycles. The fourth-order valence-electron chi connectivity index (χ4n) is 1.63. The van der Waals surface area contributed by atoms with Gasteiger partial charge in [-0.15, -0.1) is 11.3 Å². The largest absolute Gasteiger partial charge is 0.369 e. The molecule has 5 nitrogen and oxygen atoms in total. The molecule has 2 aromatic rings. The Kier molecular flexibility index (Phi) is 5.35. The highest BCUT2D eigenvalue weighted by atomic mass is 32.2. The van der Waals surface area contributed by atoms with Gasteiger partial charge in [-0.1, -0.05) is 30.0 Å². The van der Waals surface area contributed by atoms with E-state index >= 15 is 0 Å². The van der Waals surface area contributed by atoms with Crippen molar-refractivity contribution in [3.05, 3.63) is 40.9 Å². The zero-order valence-corrected chi connectivity index (χ0v) is 13.1. The van der Waals surface area contributed by atoms with E-state index in [1.54, 1.807) is 0 Å². The molecule has 0 saturated carbocycles. The molecule has 2 amide bonds. The number of nitrogens with one attached hydrogen (secondary N) is 1. The number of nitrogens with two attached hydrogens (primary N) is 1. The van der Waals surface area contributed by atoms with E-state index in [9.17, 15) is 9.59 Å². The third kappa shape index (κ3) is 4.87. The Morgan fingerprint density at radius 2 is 2.05 bits per heavy atom. The van der Waals surface area contributed by atoms with Gasteiger partial charge in [0, 0.05) is 10.6 Å². The summed E-state index contributed by atoms with van der Waals surface area (Å²) in [5, 5.41) is 2.81. The Hall–Kier alpha value is -1.86. The number of carbonyl (C=O) groups excluding carboxylic acids is 2. The molecule has 0 radical (unpaired) electrons. The zero-order chi connectivity index (χ0) is 15.2. The fourth-order valence-corrected chi connectivity index (χ4v) is 3.67. The number of rotatable bonds is 6. The molecule has 3 N–H and O–H groups in total. The standard InChI is InChI=1S/C14H15N3O2S2/c1-9-11(7-12(15)18)21-14(16-9)20-8-13(19)17-10-5-3-2-4-6-10/h2-6H,7-8H2,1H3,(H2,15,18)(H,17,19). The maximum absolute atomic E-state index is 11.8. The van der Waals surface area contributed by atoms with Crippen LogP contribution in [0.5, 0.6) is 0 Å². The van der Waals surface area contributed by atoms with Crippen LogP contribution in [0, 0.1) is 6.92 Å². The van der Waals surface area contributed by atoms with E-state index in [4.69, 9.17) is 5.73 Å². The molecule has 0 aliphatic rings. The number of carbonyl (C=O) groups is 2. The van der Waals surface area contributed by atoms with Crippen LogP contribution in [0.2, 0.25) is 0 Å². The summed E-state index contributed by atoms with van der Waals surface area (Å²) in [5.74, 6) is -0.187. The van der Waals surface area contributed by atoms with Crippen LogP contribution in [-0.4, -0.2) is 22.6 Å². The van der Waals surface area contributed by atoms with Crippen LogP contribution in [-0.2, 0) is 16.0 Å².